The van der Waals surface area contributed by atoms with Crippen LogP contribution in [-0.4, -0.2) is 95.0 Å². The number of pyridine rings is 1. The third-order valence-electron chi connectivity index (χ3n) is 10.4. The molecule has 5 atom stereocenters. The Bertz CT molecular complexity index is 1790. The number of aliphatic hydroxyl groups is 1. The van der Waals surface area contributed by atoms with Crippen LogP contribution in [0.25, 0.3) is 0 Å². The molecular weight excluding hydrogens is 739 g/mol. The second-order valence-corrected chi connectivity index (χ2v) is 16.3. The summed E-state index contributed by atoms with van der Waals surface area (Å²) in [5, 5.41) is 22.6. The van der Waals surface area contributed by atoms with Gasteiger partial charge in [-0.2, -0.15) is 0 Å². The van der Waals surface area contributed by atoms with Gasteiger partial charge in [0, 0.05) is 38.3 Å². The molecule has 0 aliphatic carbocycles. The number of ether oxygens (including phenoxy) is 2. The average molecular weight is 802 g/mol. The molecule has 0 saturated carbocycles. The summed E-state index contributed by atoms with van der Waals surface area (Å²) < 4.78 is 10.5. The van der Waals surface area contributed by atoms with E-state index in [9.17, 15) is 24.3 Å². The standard InChI is InChI=1S/C44H63N7O7/c1-9-30(4)40(37-24-45-42(55)51(37)26-34-17-13-14-31(5)47-34)41(54)48-36(22-32-15-11-10-12-16-32)38(52)27-50(25-33-18-20-35(21-19-33)58-29(2)3)49-39(53)23-44(6,7)28-46-43(56)57-8/h10-21,29-30,36-38,40,52H,9,22-28H2,1-8H3,(H,45,55)(H,46,56)(H,48,54)(H,49,53). The molecule has 1 fully saturated rings. The highest BCUT2D eigenvalue weighted by atomic mass is 16.5. The number of hydrogen-bond donors (Lipinski definition) is 5. The second kappa shape index (κ2) is 21.5. The molecule has 58 heavy (non-hydrogen) atoms. The predicted octanol–water partition coefficient (Wildman–Crippen LogP) is 5.13. The van der Waals surface area contributed by atoms with Crippen LogP contribution >= 0.6 is 0 Å². The number of carbonyl (C=O) groups excluding carboxylic acids is 4. The van der Waals surface area contributed by atoms with Gasteiger partial charge in [-0.3, -0.25) is 20.0 Å². The van der Waals surface area contributed by atoms with Crippen LogP contribution < -0.4 is 26.1 Å². The third kappa shape index (κ3) is 14.0. The van der Waals surface area contributed by atoms with Crippen molar-refractivity contribution in [2.24, 2.45) is 17.3 Å². The minimum absolute atomic E-state index is 0.00381. The number of aryl methyl sites for hydroxylation is 1. The number of nitrogens with zero attached hydrogens (tertiary/aromatic N) is 3. The first kappa shape index (κ1) is 45.5. The maximum absolute atomic E-state index is 14.6. The molecule has 5 N–H and O–H groups in total. The molecule has 2 heterocycles. The van der Waals surface area contributed by atoms with E-state index in [1.807, 2.05) is 121 Å². The van der Waals surface area contributed by atoms with Gasteiger partial charge in [-0.25, -0.2) is 14.6 Å². The highest BCUT2D eigenvalue weighted by Crippen LogP contribution is 2.28. The monoisotopic (exact) mass is 801 g/mol. The lowest BCUT2D eigenvalue weighted by Crippen LogP contribution is -2.56. The summed E-state index contributed by atoms with van der Waals surface area (Å²) in [7, 11) is 1.28. The van der Waals surface area contributed by atoms with E-state index in [-0.39, 0.29) is 62.5 Å². The number of alkyl carbamates (subject to hydrolysis) is 1. The van der Waals surface area contributed by atoms with E-state index in [0.29, 0.717) is 25.1 Å². The fourth-order valence-electron chi connectivity index (χ4n) is 7.19. The number of amides is 5. The number of nitrogens with one attached hydrogen (secondary N) is 4. The summed E-state index contributed by atoms with van der Waals surface area (Å²) >= 11 is 0. The lowest BCUT2D eigenvalue weighted by atomic mass is 9.83. The number of hydrogen-bond acceptors (Lipinski definition) is 9. The van der Waals surface area contributed by atoms with Crippen molar-refractivity contribution < 1.29 is 33.8 Å². The number of aromatic nitrogens is 1. The molecule has 3 aromatic rings. The molecule has 0 bridgehead atoms. The zero-order valence-electron chi connectivity index (χ0n) is 35.3. The van der Waals surface area contributed by atoms with E-state index < -0.39 is 35.6 Å². The van der Waals surface area contributed by atoms with E-state index in [1.165, 1.54) is 7.11 Å². The molecule has 316 valence electrons. The summed E-state index contributed by atoms with van der Waals surface area (Å²) in [6, 6.07) is 21.4. The van der Waals surface area contributed by atoms with Gasteiger partial charge in [0.2, 0.25) is 11.8 Å². The Kier molecular flexibility index (Phi) is 16.9. The Morgan fingerprint density at radius 3 is 2.36 bits per heavy atom. The first-order valence-corrected chi connectivity index (χ1v) is 20.2. The minimum atomic E-state index is -1.14. The fourth-order valence-corrected chi connectivity index (χ4v) is 7.19. The normalized spacial score (nSPS) is 16.3. The van der Waals surface area contributed by atoms with Crippen LogP contribution in [0.3, 0.4) is 0 Å². The Hall–Kier alpha value is -5.21. The van der Waals surface area contributed by atoms with Crippen molar-refractivity contribution in [1.82, 2.24) is 36.3 Å². The summed E-state index contributed by atoms with van der Waals surface area (Å²) in [5.74, 6) is -0.568. The molecule has 5 amide bonds. The number of urea groups is 1. The van der Waals surface area contributed by atoms with Crippen molar-refractivity contribution in [1.29, 1.82) is 0 Å². The van der Waals surface area contributed by atoms with Crippen LogP contribution in [0.4, 0.5) is 9.59 Å². The SMILES string of the molecule is CCC(C)C(C(=O)NC(Cc1ccccc1)C(O)CN(Cc1ccc(OC(C)C)cc1)NC(=O)CC(C)(C)CNC(=O)OC)C1CNC(=O)N1Cc1cccc(C)n1. The van der Waals surface area contributed by atoms with Gasteiger partial charge < -0.3 is 35.4 Å². The molecule has 0 radical (unpaired) electrons. The zero-order valence-corrected chi connectivity index (χ0v) is 35.3. The number of aliphatic hydroxyl groups excluding tert-OH is 1. The van der Waals surface area contributed by atoms with Gasteiger partial charge in [0.15, 0.2) is 0 Å². The topological polar surface area (TPSA) is 174 Å². The van der Waals surface area contributed by atoms with Gasteiger partial charge in [0.05, 0.1) is 49.6 Å². The molecule has 1 saturated heterocycles. The Labute approximate surface area is 343 Å². The van der Waals surface area contributed by atoms with E-state index >= 15 is 0 Å². The molecule has 1 aromatic heterocycles. The third-order valence-corrected chi connectivity index (χ3v) is 10.4. The minimum Gasteiger partial charge on any atom is -0.491 e. The maximum Gasteiger partial charge on any atom is 0.406 e. The maximum atomic E-state index is 14.6. The first-order chi connectivity index (χ1) is 27.6. The predicted molar refractivity (Wildman–Crippen MR) is 222 cm³/mol. The van der Waals surface area contributed by atoms with Gasteiger partial charge in [-0.15, -0.1) is 0 Å². The van der Waals surface area contributed by atoms with Crippen molar-refractivity contribution in [3.63, 3.8) is 0 Å². The summed E-state index contributed by atoms with van der Waals surface area (Å²) in [4.78, 5) is 59.5. The molecule has 4 rings (SSSR count). The Balaban J connectivity index is 1.60. The van der Waals surface area contributed by atoms with Crippen LogP contribution in [0.15, 0.2) is 72.8 Å². The zero-order chi connectivity index (χ0) is 42.4. The van der Waals surface area contributed by atoms with Crippen LogP contribution in [0.1, 0.15) is 76.9 Å². The van der Waals surface area contributed by atoms with Gasteiger partial charge in [-0.05, 0) is 73.9 Å². The first-order valence-electron chi connectivity index (χ1n) is 20.2. The van der Waals surface area contributed by atoms with Crippen LogP contribution in [0, 0.1) is 24.2 Å². The molecule has 1 aliphatic rings. The number of benzene rings is 2. The molecule has 14 heteroatoms. The number of hydrazine groups is 1. The van der Waals surface area contributed by atoms with Crippen LogP contribution in [0.5, 0.6) is 5.75 Å². The van der Waals surface area contributed by atoms with Crippen molar-refractivity contribution in [2.45, 2.75) is 105 Å². The fraction of sp³-hybridized carbons (Fsp3) is 0.523. The van der Waals surface area contributed by atoms with Crippen molar-refractivity contribution >= 4 is 23.9 Å². The van der Waals surface area contributed by atoms with E-state index in [2.05, 4.69) is 26.4 Å². The Morgan fingerprint density at radius 2 is 1.72 bits per heavy atom. The molecule has 1 aliphatic heterocycles. The summed E-state index contributed by atoms with van der Waals surface area (Å²) in [5.41, 5.74) is 5.71. The molecular formula is C44H63N7O7. The van der Waals surface area contributed by atoms with Crippen LogP contribution in [0.2, 0.25) is 0 Å². The van der Waals surface area contributed by atoms with Crippen LogP contribution in [-0.2, 0) is 33.8 Å². The molecule has 5 unspecified atom stereocenters. The largest absolute Gasteiger partial charge is 0.491 e. The summed E-state index contributed by atoms with van der Waals surface area (Å²) in [6.07, 6.45) is -0.655. The highest BCUT2D eigenvalue weighted by molar-refractivity contribution is 5.83. The second-order valence-electron chi connectivity index (χ2n) is 16.3. The number of carbonyl (C=O) groups is 4. The lowest BCUT2D eigenvalue weighted by Gasteiger charge is -2.36. The van der Waals surface area contributed by atoms with Crippen molar-refractivity contribution in [3.05, 3.63) is 95.3 Å². The van der Waals surface area contributed by atoms with Gasteiger partial charge in [-0.1, -0.05) is 82.6 Å². The van der Waals surface area contributed by atoms with E-state index in [4.69, 9.17) is 9.47 Å². The smallest absolute Gasteiger partial charge is 0.406 e. The number of rotatable bonds is 21. The van der Waals surface area contributed by atoms with E-state index in [0.717, 1.165) is 22.5 Å². The average Bonchev–Trinajstić information content (AvgIpc) is 3.52. The van der Waals surface area contributed by atoms with Gasteiger partial charge in [0.25, 0.3) is 0 Å². The molecule has 0 spiro atoms. The van der Waals surface area contributed by atoms with Gasteiger partial charge in [0.1, 0.15) is 5.75 Å². The quantitative estimate of drug-likeness (QED) is 0.0916. The summed E-state index contributed by atoms with van der Waals surface area (Å²) in [6.45, 7) is 14.5. The van der Waals surface area contributed by atoms with Gasteiger partial charge >= 0.3 is 12.1 Å². The molecule has 14 nitrogen and oxygen atoms in total. The van der Waals surface area contributed by atoms with Crippen molar-refractivity contribution in [2.75, 3.05) is 26.7 Å². The number of methoxy groups -OCH3 is 1. The Morgan fingerprint density at radius 1 is 1.02 bits per heavy atom. The lowest BCUT2D eigenvalue weighted by molar-refractivity contribution is -0.132. The molecule has 2 aromatic carbocycles. The highest BCUT2D eigenvalue weighted by Gasteiger charge is 2.43. The van der Waals surface area contributed by atoms with Crippen molar-refractivity contribution in [3.8, 4) is 5.75 Å². The van der Waals surface area contributed by atoms with E-state index in [1.54, 1.807) is 9.91 Å².